The predicted octanol–water partition coefficient (Wildman–Crippen LogP) is -7.60. The minimum absolute atomic E-state index is 0. The first-order chi connectivity index (χ1) is 14.2. The van der Waals surface area contributed by atoms with Crippen molar-refractivity contribution >= 4 is 52.5 Å². The van der Waals surface area contributed by atoms with E-state index in [0.29, 0.717) is 0 Å². The molecule has 0 spiro atoms. The van der Waals surface area contributed by atoms with Gasteiger partial charge < -0.3 is 14.2 Å². The molecule has 3 aromatic rings. The van der Waals surface area contributed by atoms with E-state index in [4.69, 9.17) is 0 Å². The fraction of sp³-hybridized carbons (Fsp3) is 0. The molecule has 1 N–H and O–H groups in total. The van der Waals surface area contributed by atoms with Crippen LogP contribution >= 0.6 is 0 Å². The molecule has 0 aromatic heterocycles. The summed E-state index contributed by atoms with van der Waals surface area (Å²) in [5, 5.41) is 18.8. The van der Waals surface area contributed by atoms with Crippen LogP contribution in [-0.4, -0.2) is 38.9 Å². The average molecular weight is 554 g/mol. The number of hydrogen-bond acceptors (Lipinski definition) is 11. The molecule has 0 fully saturated rings. The Balaban J connectivity index is 0.00000363. The Morgan fingerprint density at radius 1 is 0.676 bits per heavy atom. The summed E-state index contributed by atoms with van der Waals surface area (Å²) in [6.45, 7) is 0. The molecule has 0 radical (unpaired) electrons. The van der Waals surface area contributed by atoms with E-state index in [-0.39, 0.29) is 99.7 Å². The molecule has 34 heavy (non-hydrogen) atoms. The van der Waals surface area contributed by atoms with Gasteiger partial charge in [-0.15, -0.1) is 5.11 Å². The number of benzene rings is 3. The third kappa shape index (κ3) is 7.53. The molecule has 18 heteroatoms. The molecule has 0 aliphatic rings. The Hall–Kier alpha value is 0.0500. The van der Waals surface area contributed by atoms with Crippen LogP contribution in [0.25, 0.3) is 10.8 Å². The summed E-state index contributed by atoms with van der Waals surface area (Å²) in [4.78, 5) is -3.50. The number of fused-ring (bicyclic) bond motifs is 1. The molecule has 0 saturated carbocycles. The van der Waals surface area contributed by atoms with E-state index in [1.54, 1.807) is 0 Å². The molecule has 0 saturated heterocycles. The van der Waals surface area contributed by atoms with Gasteiger partial charge in [-0.05, 0) is 29.7 Å². The van der Waals surface area contributed by atoms with Gasteiger partial charge in [0.25, 0.3) is 10.1 Å². The van der Waals surface area contributed by atoms with E-state index in [9.17, 15) is 44.0 Å². The first kappa shape index (κ1) is 34.0. The van der Waals surface area contributed by atoms with Crippen molar-refractivity contribution in [2.24, 2.45) is 10.2 Å². The van der Waals surface area contributed by atoms with Crippen LogP contribution in [0.5, 0.6) is 5.75 Å². The van der Waals surface area contributed by atoms with Gasteiger partial charge in [-0.2, -0.15) is 13.5 Å². The molecule has 0 aliphatic carbocycles. The molecule has 3 aromatic carbocycles. The fourth-order valence-electron chi connectivity index (χ4n) is 2.71. The molecule has 3 rings (SSSR count). The van der Waals surface area contributed by atoms with E-state index in [2.05, 4.69) is 10.2 Å². The standard InChI is InChI=1S/C16H12N2O10S3.3Na/c19-14-11-3-1-2-4-12(11)15(30(23,24)25)16(31(26,27)28)13(14)18-17-9-5-7-10(8-6-9)29(20,21)22;;;/h1-8,19H,(H,20,21,22)(H,23,24,25)(H,26,27,28);;;/q;3*+1/p-3. The Labute approximate surface area is 261 Å². The van der Waals surface area contributed by atoms with E-state index in [1.807, 2.05) is 0 Å². The van der Waals surface area contributed by atoms with Crippen LogP contribution in [0.3, 0.4) is 0 Å². The maximum Gasteiger partial charge on any atom is 1.00 e. The van der Waals surface area contributed by atoms with E-state index < -0.39 is 61.9 Å². The predicted molar refractivity (Wildman–Crippen MR) is 99.8 cm³/mol. The summed E-state index contributed by atoms with van der Waals surface area (Å²) in [7, 11) is -15.7. The maximum atomic E-state index is 12.7. The zero-order valence-corrected chi connectivity index (χ0v) is 26.3. The van der Waals surface area contributed by atoms with Gasteiger partial charge in [0.1, 0.15) is 30.8 Å². The Morgan fingerprint density at radius 2 is 1.18 bits per heavy atom. The topological polar surface area (TPSA) is 217 Å². The monoisotopic (exact) mass is 554 g/mol. The van der Waals surface area contributed by atoms with Crippen LogP contribution in [0.2, 0.25) is 0 Å². The Kier molecular flexibility index (Phi) is 12.5. The van der Waals surface area contributed by atoms with E-state index in [0.717, 1.165) is 36.4 Å². The molecule has 12 nitrogen and oxygen atoms in total. The van der Waals surface area contributed by atoms with Crippen LogP contribution in [0.1, 0.15) is 0 Å². The van der Waals surface area contributed by atoms with Crippen molar-refractivity contribution in [2.75, 3.05) is 0 Å². The van der Waals surface area contributed by atoms with Gasteiger partial charge in [-0.25, -0.2) is 16.8 Å². The summed E-state index contributed by atoms with van der Waals surface area (Å²) in [6.07, 6.45) is 0. The zero-order chi connectivity index (χ0) is 23.2. The molecular weight excluding hydrogens is 545 g/mol. The van der Waals surface area contributed by atoms with Gasteiger partial charge in [0.2, 0.25) is 0 Å². The van der Waals surface area contributed by atoms with E-state index >= 15 is 0 Å². The van der Waals surface area contributed by atoms with Crippen molar-refractivity contribution in [3.63, 3.8) is 0 Å². The van der Waals surface area contributed by atoms with Crippen molar-refractivity contribution in [3.8, 4) is 5.75 Å². The third-order valence-corrected chi connectivity index (χ3v) is 6.77. The molecule has 0 heterocycles. The van der Waals surface area contributed by atoms with Gasteiger partial charge >= 0.3 is 88.7 Å². The number of azo groups is 1. The normalized spacial score (nSPS) is 12.0. The third-order valence-electron chi connectivity index (χ3n) is 3.95. The molecular formula is C16H9N2Na3O10S3. The minimum atomic E-state index is -5.52. The fourth-order valence-corrected chi connectivity index (χ4v) is 5.29. The molecule has 0 aliphatic heterocycles. The Bertz CT molecular complexity index is 1560. The average Bonchev–Trinajstić information content (AvgIpc) is 2.65. The van der Waals surface area contributed by atoms with Crippen LogP contribution in [0, 0.1) is 0 Å². The maximum absolute atomic E-state index is 12.7. The van der Waals surface area contributed by atoms with Crippen LogP contribution in [-0.2, 0) is 30.4 Å². The quantitative estimate of drug-likeness (QED) is 0.178. The second-order valence-electron chi connectivity index (χ2n) is 5.96. The molecule has 164 valence electrons. The van der Waals surface area contributed by atoms with Crippen LogP contribution in [0.4, 0.5) is 11.4 Å². The summed E-state index contributed by atoms with van der Waals surface area (Å²) >= 11 is 0. The number of hydrogen-bond donors (Lipinski definition) is 1. The largest absolute Gasteiger partial charge is 1.00 e. The molecule has 0 bridgehead atoms. The van der Waals surface area contributed by atoms with Crippen molar-refractivity contribution in [1.82, 2.24) is 0 Å². The minimum Gasteiger partial charge on any atom is -0.871 e. The second kappa shape index (κ2) is 12.5. The number of rotatable bonds is 5. The van der Waals surface area contributed by atoms with Gasteiger partial charge in [0.15, 0.2) is 0 Å². The van der Waals surface area contributed by atoms with Crippen molar-refractivity contribution < 1.29 is 133 Å². The number of nitrogens with zero attached hydrogens (tertiary/aromatic N) is 2. The van der Waals surface area contributed by atoms with Gasteiger partial charge in [0, 0.05) is 5.39 Å². The molecule has 0 amide bonds. The molecule has 0 unspecified atom stereocenters. The van der Waals surface area contributed by atoms with Gasteiger partial charge in [0.05, 0.1) is 15.5 Å². The zero-order valence-electron chi connectivity index (χ0n) is 17.9. The first-order valence-electron chi connectivity index (χ1n) is 7.88. The summed E-state index contributed by atoms with van der Waals surface area (Å²) in [5.74, 6) is -1.14. The van der Waals surface area contributed by atoms with Gasteiger partial charge in [-0.1, -0.05) is 30.0 Å². The second-order valence-corrected chi connectivity index (χ2v) is 10.0. The first-order valence-corrected chi connectivity index (χ1v) is 12.1. The van der Waals surface area contributed by atoms with Crippen molar-refractivity contribution in [3.05, 3.63) is 48.5 Å². The SMILES string of the molecule is O=S(=O)([O-])c1ccc(N=Nc2c(S(=O)(=O)O)c(S(=O)(=O)[O-])c3ccccc3c2[O-])cc1.[Na+].[Na+].[Na+]. The van der Waals surface area contributed by atoms with Crippen molar-refractivity contribution in [2.45, 2.75) is 14.7 Å². The summed E-state index contributed by atoms with van der Waals surface area (Å²) in [6, 6.07) is 8.43. The smallest absolute Gasteiger partial charge is 0.871 e. The van der Waals surface area contributed by atoms with E-state index in [1.165, 1.54) is 12.1 Å². The summed E-state index contributed by atoms with van der Waals surface area (Å²) < 4.78 is 102. The van der Waals surface area contributed by atoms with Crippen molar-refractivity contribution in [1.29, 1.82) is 0 Å². The Morgan fingerprint density at radius 3 is 1.62 bits per heavy atom. The van der Waals surface area contributed by atoms with Crippen LogP contribution in [0.15, 0.2) is 73.4 Å². The summed E-state index contributed by atoms with van der Waals surface area (Å²) in [5.41, 5.74) is -1.30. The van der Waals surface area contributed by atoms with Crippen LogP contribution < -0.4 is 93.8 Å². The molecule has 0 atom stereocenters. The van der Waals surface area contributed by atoms with Gasteiger partial charge in [-0.3, -0.25) is 4.55 Å².